The first-order valence-electron chi connectivity index (χ1n) is 6.38. The third-order valence-corrected chi connectivity index (χ3v) is 4.14. The zero-order valence-electron chi connectivity index (χ0n) is 12.3. The van der Waals surface area contributed by atoms with Crippen LogP contribution in [0.1, 0.15) is 17.3 Å². The Morgan fingerprint density at radius 2 is 1.82 bits per heavy atom. The number of Topliss-reactive ketones (excluding diaryl/α,β-unsaturated/α-hetero) is 1. The highest BCUT2D eigenvalue weighted by molar-refractivity contribution is 8.00. The third-order valence-electron chi connectivity index (χ3n) is 3.15. The molecule has 0 aliphatic rings. The normalized spacial score (nSPS) is 12.1. The molecule has 0 amide bonds. The Hall–Kier alpha value is -2.42. The largest absolute Gasteiger partial charge is 0.384 e. The van der Waals surface area contributed by atoms with Gasteiger partial charge in [0.25, 0.3) is 5.56 Å². The van der Waals surface area contributed by atoms with Gasteiger partial charge < -0.3 is 5.73 Å². The van der Waals surface area contributed by atoms with Crippen LogP contribution in [0.4, 0.5) is 5.82 Å². The fourth-order valence-electron chi connectivity index (χ4n) is 1.85. The number of carbonyl (C=O) groups excluding carboxylic acids is 1. The smallest absolute Gasteiger partial charge is 0.332 e. The SMILES string of the molecule is C[C@H](Sc1ncccn1)C(=O)c1c(N)n(C)c(=O)n(C)c1=O. The van der Waals surface area contributed by atoms with E-state index in [1.165, 1.54) is 14.1 Å². The van der Waals surface area contributed by atoms with Crippen LogP contribution < -0.4 is 17.0 Å². The van der Waals surface area contributed by atoms with Crippen LogP contribution >= 0.6 is 11.8 Å². The van der Waals surface area contributed by atoms with Crippen LogP contribution in [0.2, 0.25) is 0 Å². The van der Waals surface area contributed by atoms with Crippen LogP contribution in [-0.4, -0.2) is 30.1 Å². The van der Waals surface area contributed by atoms with E-state index in [1.807, 2.05) is 0 Å². The quantitative estimate of drug-likeness (QED) is 0.472. The lowest BCUT2D eigenvalue weighted by Crippen LogP contribution is -2.42. The lowest BCUT2D eigenvalue weighted by atomic mass is 10.1. The maximum atomic E-state index is 12.5. The number of nitrogens with two attached hydrogens (primary N) is 1. The van der Waals surface area contributed by atoms with Gasteiger partial charge in [-0.05, 0) is 13.0 Å². The summed E-state index contributed by atoms with van der Waals surface area (Å²) in [5.74, 6) is -0.606. The molecule has 8 nitrogen and oxygen atoms in total. The van der Waals surface area contributed by atoms with Crippen LogP contribution in [0.25, 0.3) is 0 Å². The minimum atomic E-state index is -0.702. The number of nitrogens with zero attached hydrogens (tertiary/aromatic N) is 4. The number of thioether (sulfide) groups is 1. The van der Waals surface area contributed by atoms with Crippen molar-refractivity contribution in [2.24, 2.45) is 14.1 Å². The molecule has 0 saturated carbocycles. The molecule has 0 saturated heterocycles. The molecule has 0 aliphatic heterocycles. The van der Waals surface area contributed by atoms with E-state index in [2.05, 4.69) is 9.97 Å². The molecule has 2 N–H and O–H groups in total. The molecule has 1 atom stereocenters. The summed E-state index contributed by atoms with van der Waals surface area (Å²) in [6, 6.07) is 1.66. The van der Waals surface area contributed by atoms with Crippen molar-refractivity contribution in [1.29, 1.82) is 0 Å². The molecule has 0 bridgehead atoms. The van der Waals surface area contributed by atoms with Crippen LogP contribution in [-0.2, 0) is 14.1 Å². The number of rotatable bonds is 4. The van der Waals surface area contributed by atoms with E-state index in [-0.39, 0.29) is 11.4 Å². The summed E-state index contributed by atoms with van der Waals surface area (Å²) in [5.41, 5.74) is 4.30. The van der Waals surface area contributed by atoms with Gasteiger partial charge in [0.2, 0.25) is 0 Å². The van der Waals surface area contributed by atoms with Gasteiger partial charge in [-0.25, -0.2) is 14.8 Å². The van der Waals surface area contributed by atoms with Crippen molar-refractivity contribution in [3.63, 3.8) is 0 Å². The average molecular weight is 321 g/mol. The lowest BCUT2D eigenvalue weighted by molar-refractivity contribution is 0.0992. The molecule has 2 aromatic rings. The minimum absolute atomic E-state index is 0.139. The molecule has 9 heteroatoms. The van der Waals surface area contributed by atoms with Crippen molar-refractivity contribution in [2.45, 2.75) is 17.3 Å². The summed E-state index contributed by atoms with van der Waals surface area (Å²) < 4.78 is 1.94. The van der Waals surface area contributed by atoms with E-state index >= 15 is 0 Å². The van der Waals surface area contributed by atoms with Crippen LogP contribution in [0, 0.1) is 0 Å². The maximum absolute atomic E-state index is 12.5. The van der Waals surface area contributed by atoms with Gasteiger partial charge in [-0.3, -0.25) is 18.7 Å². The van der Waals surface area contributed by atoms with Gasteiger partial charge in [0.05, 0.1) is 5.25 Å². The average Bonchev–Trinajstić information content (AvgIpc) is 2.52. The first kappa shape index (κ1) is 16.0. The van der Waals surface area contributed by atoms with Crippen molar-refractivity contribution in [1.82, 2.24) is 19.1 Å². The summed E-state index contributed by atoms with van der Waals surface area (Å²) >= 11 is 1.12. The second kappa shape index (κ2) is 6.14. The van der Waals surface area contributed by atoms with Gasteiger partial charge in [-0.1, -0.05) is 11.8 Å². The van der Waals surface area contributed by atoms with Crippen molar-refractivity contribution < 1.29 is 4.79 Å². The zero-order valence-corrected chi connectivity index (χ0v) is 13.1. The van der Waals surface area contributed by atoms with E-state index < -0.39 is 22.3 Å². The highest BCUT2D eigenvalue weighted by Crippen LogP contribution is 2.22. The van der Waals surface area contributed by atoms with Crippen LogP contribution in [0.3, 0.4) is 0 Å². The van der Waals surface area contributed by atoms with E-state index in [0.29, 0.717) is 5.16 Å². The molecule has 0 aromatic carbocycles. The molecule has 0 radical (unpaired) electrons. The minimum Gasteiger partial charge on any atom is -0.384 e. The molecule has 0 aliphatic carbocycles. The fraction of sp³-hybridized carbons (Fsp3) is 0.308. The molecule has 0 fully saturated rings. The number of anilines is 1. The first-order valence-corrected chi connectivity index (χ1v) is 7.26. The second-order valence-corrected chi connectivity index (χ2v) is 5.93. The van der Waals surface area contributed by atoms with Crippen molar-refractivity contribution in [3.05, 3.63) is 44.9 Å². The van der Waals surface area contributed by atoms with Gasteiger partial charge in [-0.2, -0.15) is 0 Å². The van der Waals surface area contributed by atoms with Gasteiger partial charge in [0.1, 0.15) is 11.4 Å². The van der Waals surface area contributed by atoms with Gasteiger partial charge in [-0.15, -0.1) is 0 Å². The number of hydrogen-bond donors (Lipinski definition) is 1. The maximum Gasteiger partial charge on any atom is 0.332 e. The van der Waals surface area contributed by atoms with Gasteiger partial charge >= 0.3 is 5.69 Å². The van der Waals surface area contributed by atoms with E-state index in [1.54, 1.807) is 25.4 Å². The zero-order chi connectivity index (χ0) is 16.4. The second-order valence-electron chi connectivity index (χ2n) is 4.62. The molecule has 0 unspecified atom stereocenters. The molecule has 2 aromatic heterocycles. The van der Waals surface area contributed by atoms with Crippen molar-refractivity contribution in [2.75, 3.05) is 5.73 Å². The van der Waals surface area contributed by atoms with E-state index in [9.17, 15) is 14.4 Å². The monoisotopic (exact) mass is 321 g/mol. The van der Waals surface area contributed by atoms with Gasteiger partial charge in [0, 0.05) is 26.5 Å². The molecule has 2 heterocycles. The van der Waals surface area contributed by atoms with E-state index in [0.717, 1.165) is 20.9 Å². The first-order chi connectivity index (χ1) is 10.3. The Kier molecular flexibility index (Phi) is 4.45. The standard InChI is InChI=1S/C13H15N5O3S/c1-7(22-12-15-5-4-6-16-12)9(19)8-10(14)17(2)13(21)18(3)11(8)20/h4-7H,14H2,1-3H3/t7-/m0/s1. The summed E-state index contributed by atoms with van der Waals surface area (Å²) in [4.78, 5) is 44.5. The van der Waals surface area contributed by atoms with E-state index in [4.69, 9.17) is 5.73 Å². The summed E-state index contributed by atoms with van der Waals surface area (Å²) in [7, 11) is 2.71. The van der Waals surface area contributed by atoms with Crippen LogP contribution in [0.5, 0.6) is 0 Å². The Morgan fingerprint density at radius 3 is 2.41 bits per heavy atom. The fourth-order valence-corrected chi connectivity index (χ4v) is 2.64. The third kappa shape index (κ3) is 2.80. The Balaban J connectivity index is 2.42. The molecular formula is C13H15N5O3S. The predicted octanol–water partition coefficient (Wildman–Crippen LogP) is -0.180. The number of carbonyl (C=O) groups is 1. The summed E-state index contributed by atoms with van der Waals surface area (Å²) in [5, 5.41) is -0.196. The Labute approximate surface area is 130 Å². The van der Waals surface area contributed by atoms with Crippen molar-refractivity contribution in [3.8, 4) is 0 Å². The molecule has 116 valence electrons. The summed E-state index contributed by atoms with van der Waals surface area (Å²) in [6.07, 6.45) is 3.12. The highest BCUT2D eigenvalue weighted by atomic mass is 32.2. The van der Waals surface area contributed by atoms with Crippen LogP contribution in [0.15, 0.2) is 33.2 Å². The highest BCUT2D eigenvalue weighted by Gasteiger charge is 2.25. The number of aromatic nitrogens is 4. The Bertz CT molecular complexity index is 828. The Morgan fingerprint density at radius 1 is 1.23 bits per heavy atom. The molecule has 2 rings (SSSR count). The molecule has 0 spiro atoms. The lowest BCUT2D eigenvalue weighted by Gasteiger charge is -2.13. The number of nitrogen functional groups attached to an aromatic ring is 1. The predicted molar refractivity (Wildman–Crippen MR) is 83.0 cm³/mol. The number of hydrogen-bond acceptors (Lipinski definition) is 7. The summed E-state index contributed by atoms with van der Waals surface area (Å²) in [6.45, 7) is 1.63. The number of ketones is 1. The molecular weight excluding hydrogens is 306 g/mol. The van der Waals surface area contributed by atoms with Gasteiger partial charge in [0.15, 0.2) is 10.9 Å². The van der Waals surface area contributed by atoms with Crippen molar-refractivity contribution >= 4 is 23.4 Å². The topological polar surface area (TPSA) is 113 Å². The molecule has 22 heavy (non-hydrogen) atoms.